The first-order chi connectivity index (χ1) is 10.3. The van der Waals surface area contributed by atoms with Crippen molar-refractivity contribution >= 4 is 10.1 Å². The second kappa shape index (κ2) is 10.8. The number of rotatable bonds is 7. The van der Waals surface area contributed by atoms with E-state index in [2.05, 4.69) is 32.6 Å². The Hall–Kier alpha value is -0.910. The van der Waals surface area contributed by atoms with Gasteiger partial charge in [0, 0.05) is 6.04 Å². The molecule has 128 valence electrons. The molecule has 1 rings (SSSR count). The van der Waals surface area contributed by atoms with Crippen molar-refractivity contribution in [2.24, 2.45) is 0 Å². The van der Waals surface area contributed by atoms with Crippen molar-refractivity contribution in [1.82, 2.24) is 4.90 Å². The van der Waals surface area contributed by atoms with Crippen LogP contribution in [0.15, 0.2) is 29.2 Å². The van der Waals surface area contributed by atoms with Crippen LogP contribution < -0.4 is 0 Å². The lowest BCUT2D eigenvalue weighted by molar-refractivity contribution is 0.218. The fourth-order valence-corrected chi connectivity index (χ4v) is 2.72. The number of hydrogen-bond donors (Lipinski definition) is 1. The Morgan fingerprint density at radius 1 is 1.09 bits per heavy atom. The predicted molar refractivity (Wildman–Crippen MR) is 92.9 cm³/mol. The van der Waals surface area contributed by atoms with E-state index in [9.17, 15) is 8.42 Å². The number of aryl methyl sites for hydroxylation is 1. The van der Waals surface area contributed by atoms with Crippen molar-refractivity contribution < 1.29 is 13.0 Å². The Labute approximate surface area is 136 Å². The zero-order valence-electron chi connectivity index (χ0n) is 14.5. The highest BCUT2D eigenvalue weighted by atomic mass is 32.2. The summed E-state index contributed by atoms with van der Waals surface area (Å²) < 4.78 is 29.6. The second-order valence-corrected chi connectivity index (χ2v) is 6.92. The maximum Gasteiger partial charge on any atom is 0.294 e. The van der Waals surface area contributed by atoms with Crippen LogP contribution in [0.2, 0.25) is 0 Å². The Kier molecular flexibility index (Phi) is 10.3. The van der Waals surface area contributed by atoms with E-state index in [1.54, 1.807) is 12.1 Å². The van der Waals surface area contributed by atoms with Crippen LogP contribution in [-0.4, -0.2) is 37.0 Å². The van der Waals surface area contributed by atoms with E-state index >= 15 is 0 Å². The van der Waals surface area contributed by atoms with E-state index in [0.29, 0.717) is 0 Å². The van der Waals surface area contributed by atoms with Crippen LogP contribution in [0.25, 0.3) is 0 Å². The molecule has 1 N–H and O–H groups in total. The van der Waals surface area contributed by atoms with Crippen molar-refractivity contribution in [2.75, 3.05) is 13.1 Å². The van der Waals surface area contributed by atoms with E-state index < -0.39 is 10.1 Å². The lowest BCUT2D eigenvalue weighted by atomic mass is 10.1. The molecule has 0 spiro atoms. The van der Waals surface area contributed by atoms with E-state index in [4.69, 9.17) is 4.55 Å². The molecule has 4 nitrogen and oxygen atoms in total. The summed E-state index contributed by atoms with van der Waals surface area (Å²) in [5.74, 6) is 0. The summed E-state index contributed by atoms with van der Waals surface area (Å²) in [6.45, 7) is 13.3. The fourth-order valence-electron chi connectivity index (χ4n) is 2.24. The molecule has 0 heterocycles. The van der Waals surface area contributed by atoms with Gasteiger partial charge in [0.1, 0.15) is 0 Å². The van der Waals surface area contributed by atoms with Gasteiger partial charge in [-0.05, 0) is 45.5 Å². The zero-order chi connectivity index (χ0) is 17.2. The molecule has 1 aromatic rings. The average Bonchev–Trinajstić information content (AvgIpc) is 2.46. The molecule has 0 aromatic heterocycles. The van der Waals surface area contributed by atoms with Crippen molar-refractivity contribution in [2.45, 2.75) is 64.8 Å². The maximum absolute atomic E-state index is 10.5. The molecule has 1 unspecified atom stereocenters. The standard InChI is InChI=1S/C10H23N.C7H8O3S/c1-5-8-9-10(4)11(6-2)7-3;1-6-2-4-7(5-3-6)11(8,9)10/h10H,5-9H2,1-4H3;2-5H,1H3,(H,8,9,10). The summed E-state index contributed by atoms with van der Waals surface area (Å²) in [7, 11) is -4.02. The molecule has 22 heavy (non-hydrogen) atoms. The van der Waals surface area contributed by atoms with Crippen LogP contribution in [0.4, 0.5) is 0 Å². The minimum Gasteiger partial charge on any atom is -0.301 e. The third-order valence-corrected chi connectivity index (χ3v) is 4.60. The molecule has 0 saturated carbocycles. The molecular formula is C17H31NO3S. The van der Waals surface area contributed by atoms with Crippen molar-refractivity contribution in [3.05, 3.63) is 29.8 Å². The molecule has 0 amide bonds. The van der Waals surface area contributed by atoms with E-state index in [0.717, 1.165) is 11.6 Å². The Balaban J connectivity index is 0.000000401. The summed E-state index contributed by atoms with van der Waals surface area (Å²) in [6, 6.07) is 6.77. The minimum atomic E-state index is -4.02. The van der Waals surface area contributed by atoms with Crippen LogP contribution in [-0.2, 0) is 10.1 Å². The van der Waals surface area contributed by atoms with Gasteiger partial charge in [0.25, 0.3) is 10.1 Å². The quantitative estimate of drug-likeness (QED) is 0.764. The molecule has 1 aromatic carbocycles. The summed E-state index contributed by atoms with van der Waals surface area (Å²) in [4.78, 5) is 2.46. The van der Waals surface area contributed by atoms with E-state index in [-0.39, 0.29) is 4.90 Å². The van der Waals surface area contributed by atoms with Crippen molar-refractivity contribution in [1.29, 1.82) is 0 Å². The third kappa shape index (κ3) is 8.51. The van der Waals surface area contributed by atoms with Gasteiger partial charge < -0.3 is 4.90 Å². The lowest BCUT2D eigenvalue weighted by Gasteiger charge is -2.26. The highest BCUT2D eigenvalue weighted by Gasteiger charge is 2.08. The zero-order valence-corrected chi connectivity index (χ0v) is 15.4. The molecule has 0 aliphatic heterocycles. The van der Waals surface area contributed by atoms with Crippen LogP contribution in [0.1, 0.15) is 52.5 Å². The number of nitrogens with zero attached hydrogens (tertiary/aromatic N) is 1. The lowest BCUT2D eigenvalue weighted by Crippen LogP contribution is -2.32. The van der Waals surface area contributed by atoms with Gasteiger partial charge in [-0.2, -0.15) is 8.42 Å². The largest absolute Gasteiger partial charge is 0.301 e. The summed E-state index contributed by atoms with van der Waals surface area (Å²) in [5.41, 5.74) is 0.956. The first-order valence-electron chi connectivity index (χ1n) is 8.04. The number of unbranched alkanes of at least 4 members (excludes halogenated alkanes) is 1. The predicted octanol–water partition coefficient (Wildman–Crippen LogP) is 4.15. The van der Waals surface area contributed by atoms with Crippen molar-refractivity contribution in [3.8, 4) is 0 Å². The molecule has 0 aliphatic carbocycles. The topological polar surface area (TPSA) is 57.6 Å². The van der Waals surface area contributed by atoms with Crippen molar-refractivity contribution in [3.63, 3.8) is 0 Å². The summed E-state index contributed by atoms with van der Waals surface area (Å²) in [6.07, 6.45) is 4.06. The monoisotopic (exact) mass is 329 g/mol. The van der Waals surface area contributed by atoms with E-state index in [1.165, 1.54) is 44.5 Å². The molecular weight excluding hydrogens is 298 g/mol. The molecule has 1 atom stereocenters. The van der Waals surface area contributed by atoms with Gasteiger partial charge in [0.15, 0.2) is 0 Å². The normalized spacial score (nSPS) is 12.7. The van der Waals surface area contributed by atoms with Crippen LogP contribution in [0, 0.1) is 6.92 Å². The van der Waals surface area contributed by atoms with Crippen LogP contribution >= 0.6 is 0 Å². The maximum atomic E-state index is 10.5. The van der Waals surface area contributed by atoms with Gasteiger partial charge in [-0.25, -0.2) is 0 Å². The SMILES string of the molecule is CCCCC(C)N(CC)CC.Cc1ccc(S(=O)(=O)O)cc1. The first kappa shape index (κ1) is 21.1. The minimum absolute atomic E-state index is 0.0666. The molecule has 0 aliphatic rings. The smallest absolute Gasteiger partial charge is 0.294 e. The van der Waals surface area contributed by atoms with E-state index in [1.807, 2.05) is 6.92 Å². The molecule has 0 radical (unpaired) electrons. The molecule has 0 bridgehead atoms. The van der Waals surface area contributed by atoms with Gasteiger partial charge in [0.05, 0.1) is 4.90 Å². The molecule has 5 heteroatoms. The first-order valence-corrected chi connectivity index (χ1v) is 9.48. The number of hydrogen-bond acceptors (Lipinski definition) is 3. The Bertz CT molecular complexity index is 493. The molecule has 0 saturated heterocycles. The average molecular weight is 330 g/mol. The highest BCUT2D eigenvalue weighted by Crippen LogP contribution is 2.08. The summed E-state index contributed by atoms with van der Waals surface area (Å²) in [5, 5.41) is 0. The van der Waals surface area contributed by atoms with Crippen LogP contribution in [0.3, 0.4) is 0 Å². The van der Waals surface area contributed by atoms with Gasteiger partial charge in [-0.3, -0.25) is 4.55 Å². The second-order valence-electron chi connectivity index (χ2n) is 5.50. The highest BCUT2D eigenvalue weighted by molar-refractivity contribution is 7.85. The number of benzene rings is 1. The Morgan fingerprint density at radius 2 is 1.59 bits per heavy atom. The summed E-state index contributed by atoms with van der Waals surface area (Å²) >= 11 is 0. The van der Waals surface area contributed by atoms with Gasteiger partial charge in [-0.15, -0.1) is 0 Å². The van der Waals surface area contributed by atoms with Crippen LogP contribution in [0.5, 0.6) is 0 Å². The van der Waals surface area contributed by atoms with Gasteiger partial charge in [0.2, 0.25) is 0 Å². The molecule has 0 fully saturated rings. The van der Waals surface area contributed by atoms with Gasteiger partial charge in [-0.1, -0.05) is 51.3 Å². The third-order valence-electron chi connectivity index (χ3n) is 3.73. The Morgan fingerprint density at radius 3 is 1.95 bits per heavy atom. The van der Waals surface area contributed by atoms with Gasteiger partial charge >= 0.3 is 0 Å². The fraction of sp³-hybridized carbons (Fsp3) is 0.647.